The van der Waals surface area contributed by atoms with Crippen molar-refractivity contribution < 1.29 is 0 Å². The van der Waals surface area contributed by atoms with Crippen LogP contribution in [0.1, 0.15) is 84.5 Å². The summed E-state index contributed by atoms with van der Waals surface area (Å²) in [5.74, 6) is 6.71. The van der Waals surface area contributed by atoms with Gasteiger partial charge in [-0.2, -0.15) is 0 Å². The molecule has 20 heavy (non-hydrogen) atoms. The van der Waals surface area contributed by atoms with E-state index < -0.39 is 0 Å². The molecular formula is C20H34. The molecular weight excluding hydrogens is 240 g/mol. The van der Waals surface area contributed by atoms with Gasteiger partial charge in [-0.05, 0) is 85.9 Å². The molecule has 0 aromatic rings. The van der Waals surface area contributed by atoms with Gasteiger partial charge in [0, 0.05) is 0 Å². The van der Waals surface area contributed by atoms with E-state index in [1.807, 2.05) is 0 Å². The van der Waals surface area contributed by atoms with Crippen molar-refractivity contribution in [1.29, 1.82) is 0 Å². The second-order valence-electron chi connectivity index (χ2n) is 8.95. The van der Waals surface area contributed by atoms with Gasteiger partial charge in [-0.3, -0.25) is 0 Å². The SMILES string of the molecule is CC[C@H]1CC[C@H]2[C@@H]3CC[C@H]4CCCC[C@@H]4[C@H]3CC[C@]12C. The molecule has 114 valence electrons. The van der Waals surface area contributed by atoms with Gasteiger partial charge in [0.25, 0.3) is 0 Å². The van der Waals surface area contributed by atoms with Crippen LogP contribution in [0.25, 0.3) is 0 Å². The summed E-state index contributed by atoms with van der Waals surface area (Å²) < 4.78 is 0. The Morgan fingerprint density at radius 3 is 2.50 bits per heavy atom. The number of fused-ring (bicyclic) bond motifs is 5. The standard InChI is InChI=1S/C20H34/c1-3-15-9-11-19-18-10-8-14-6-4-5-7-16(14)17(18)12-13-20(15,19)2/h14-19H,3-13H2,1-2H3/t14-,15+,16+,17-,18-,19+,20-/m1/s1. The summed E-state index contributed by atoms with van der Waals surface area (Å²) in [7, 11) is 0. The van der Waals surface area contributed by atoms with E-state index in [4.69, 9.17) is 0 Å². The van der Waals surface area contributed by atoms with Crippen molar-refractivity contribution in [2.75, 3.05) is 0 Å². The summed E-state index contributed by atoms with van der Waals surface area (Å²) in [6.45, 7) is 5.13. The van der Waals surface area contributed by atoms with Crippen LogP contribution in [0.3, 0.4) is 0 Å². The molecule has 0 heterocycles. The highest BCUT2D eigenvalue weighted by molar-refractivity contribution is 5.05. The van der Waals surface area contributed by atoms with Crippen LogP contribution >= 0.6 is 0 Å². The summed E-state index contributed by atoms with van der Waals surface area (Å²) in [6, 6.07) is 0. The molecule has 4 aliphatic rings. The maximum atomic E-state index is 2.68. The maximum Gasteiger partial charge on any atom is -0.0266 e. The highest BCUT2D eigenvalue weighted by atomic mass is 14.6. The highest BCUT2D eigenvalue weighted by Gasteiger charge is 2.55. The Labute approximate surface area is 126 Å². The molecule has 7 atom stereocenters. The third-order valence-electron chi connectivity index (χ3n) is 8.57. The topological polar surface area (TPSA) is 0 Å². The fraction of sp³-hybridized carbons (Fsp3) is 1.00. The molecule has 4 saturated carbocycles. The minimum atomic E-state index is 0.734. The van der Waals surface area contributed by atoms with Gasteiger partial charge in [-0.1, -0.05) is 39.5 Å². The van der Waals surface area contributed by atoms with Crippen molar-refractivity contribution in [2.45, 2.75) is 84.5 Å². The van der Waals surface area contributed by atoms with Crippen molar-refractivity contribution in [3.05, 3.63) is 0 Å². The molecule has 4 fully saturated rings. The first-order chi connectivity index (χ1) is 9.74. The number of hydrogen-bond acceptors (Lipinski definition) is 0. The number of rotatable bonds is 1. The van der Waals surface area contributed by atoms with E-state index in [1.54, 1.807) is 57.8 Å². The van der Waals surface area contributed by atoms with Crippen LogP contribution in [-0.2, 0) is 0 Å². The molecule has 4 rings (SSSR count). The van der Waals surface area contributed by atoms with Gasteiger partial charge in [0.05, 0.1) is 0 Å². The molecule has 0 unspecified atom stereocenters. The van der Waals surface area contributed by atoms with Crippen LogP contribution in [0.15, 0.2) is 0 Å². The molecule has 0 heteroatoms. The summed E-state index contributed by atoms with van der Waals surface area (Å²) in [5.41, 5.74) is 0.734. The lowest BCUT2D eigenvalue weighted by Crippen LogP contribution is -2.47. The van der Waals surface area contributed by atoms with Crippen molar-refractivity contribution in [3.63, 3.8) is 0 Å². The predicted octanol–water partition coefficient (Wildman–Crippen LogP) is 6.06. The average molecular weight is 274 g/mol. The molecule has 0 aliphatic heterocycles. The third-order valence-corrected chi connectivity index (χ3v) is 8.57. The fourth-order valence-corrected chi connectivity index (χ4v) is 7.61. The zero-order chi connectivity index (χ0) is 13.7. The van der Waals surface area contributed by atoms with Gasteiger partial charge in [0.15, 0.2) is 0 Å². The minimum Gasteiger partial charge on any atom is -0.0651 e. The molecule has 0 spiro atoms. The highest BCUT2D eigenvalue weighted by Crippen LogP contribution is 2.64. The molecule has 0 saturated heterocycles. The first-order valence-electron chi connectivity index (χ1n) is 9.74. The molecule has 0 aromatic heterocycles. The fourth-order valence-electron chi connectivity index (χ4n) is 7.61. The van der Waals surface area contributed by atoms with Gasteiger partial charge >= 0.3 is 0 Å². The van der Waals surface area contributed by atoms with Crippen molar-refractivity contribution in [2.24, 2.45) is 40.9 Å². The second kappa shape index (κ2) is 5.03. The smallest absolute Gasteiger partial charge is 0.0266 e. The molecule has 0 radical (unpaired) electrons. The van der Waals surface area contributed by atoms with Crippen LogP contribution in [0.4, 0.5) is 0 Å². The lowest BCUT2D eigenvalue weighted by Gasteiger charge is -2.55. The van der Waals surface area contributed by atoms with Crippen molar-refractivity contribution in [1.82, 2.24) is 0 Å². The van der Waals surface area contributed by atoms with E-state index in [-0.39, 0.29) is 0 Å². The average Bonchev–Trinajstić information content (AvgIpc) is 2.83. The molecule has 4 aliphatic carbocycles. The van der Waals surface area contributed by atoms with Gasteiger partial charge in [-0.25, -0.2) is 0 Å². The molecule has 0 amide bonds. The van der Waals surface area contributed by atoms with Gasteiger partial charge in [0.2, 0.25) is 0 Å². The molecule has 0 aromatic carbocycles. The third kappa shape index (κ3) is 1.85. The van der Waals surface area contributed by atoms with E-state index in [0.717, 1.165) is 40.9 Å². The van der Waals surface area contributed by atoms with Crippen LogP contribution in [0.2, 0.25) is 0 Å². The lowest BCUT2D eigenvalue weighted by atomic mass is 9.49. The van der Waals surface area contributed by atoms with Crippen LogP contribution in [0.5, 0.6) is 0 Å². The molecule has 0 N–H and O–H groups in total. The van der Waals surface area contributed by atoms with E-state index in [9.17, 15) is 0 Å². The summed E-state index contributed by atoms with van der Waals surface area (Å²) >= 11 is 0. The minimum absolute atomic E-state index is 0.734. The van der Waals surface area contributed by atoms with E-state index in [2.05, 4.69) is 13.8 Å². The second-order valence-corrected chi connectivity index (χ2v) is 8.95. The Balaban J connectivity index is 1.57. The van der Waals surface area contributed by atoms with Crippen LogP contribution in [-0.4, -0.2) is 0 Å². The molecule has 0 nitrogen and oxygen atoms in total. The van der Waals surface area contributed by atoms with Crippen LogP contribution in [0, 0.1) is 40.9 Å². The normalized spacial score (nSPS) is 54.9. The van der Waals surface area contributed by atoms with Gasteiger partial charge in [0.1, 0.15) is 0 Å². The maximum absolute atomic E-state index is 2.68. The molecule has 0 bridgehead atoms. The Morgan fingerprint density at radius 1 is 0.800 bits per heavy atom. The first-order valence-corrected chi connectivity index (χ1v) is 9.74. The van der Waals surface area contributed by atoms with Crippen molar-refractivity contribution >= 4 is 0 Å². The van der Waals surface area contributed by atoms with Crippen LogP contribution < -0.4 is 0 Å². The largest absolute Gasteiger partial charge is 0.0651 e. The van der Waals surface area contributed by atoms with E-state index in [0.29, 0.717) is 0 Å². The Kier molecular flexibility index (Phi) is 3.43. The lowest BCUT2D eigenvalue weighted by molar-refractivity contribution is -0.0623. The van der Waals surface area contributed by atoms with Gasteiger partial charge in [-0.15, -0.1) is 0 Å². The summed E-state index contributed by atoms with van der Waals surface area (Å²) in [5, 5.41) is 0. The quantitative estimate of drug-likeness (QED) is 0.545. The number of hydrogen-bond donors (Lipinski definition) is 0. The van der Waals surface area contributed by atoms with Gasteiger partial charge < -0.3 is 0 Å². The van der Waals surface area contributed by atoms with E-state index >= 15 is 0 Å². The monoisotopic (exact) mass is 274 g/mol. The van der Waals surface area contributed by atoms with E-state index in [1.165, 1.54) is 12.8 Å². The zero-order valence-corrected chi connectivity index (χ0v) is 13.7. The Bertz CT molecular complexity index is 359. The first kappa shape index (κ1) is 13.6. The van der Waals surface area contributed by atoms with Crippen molar-refractivity contribution in [3.8, 4) is 0 Å². The Morgan fingerprint density at radius 2 is 1.65 bits per heavy atom. The Hall–Kier alpha value is 0. The summed E-state index contributed by atoms with van der Waals surface area (Å²) in [4.78, 5) is 0. The summed E-state index contributed by atoms with van der Waals surface area (Å²) in [6.07, 6.45) is 17.2. The zero-order valence-electron chi connectivity index (χ0n) is 13.7. The predicted molar refractivity (Wildman–Crippen MR) is 85.5 cm³/mol.